The topological polar surface area (TPSA) is 116 Å². The van der Waals surface area contributed by atoms with E-state index >= 15 is 0 Å². The fraction of sp³-hybridized carbons (Fsp3) is 0.357. The van der Waals surface area contributed by atoms with E-state index in [-0.39, 0.29) is 11.5 Å². The van der Waals surface area contributed by atoms with Gasteiger partial charge in [0.2, 0.25) is 0 Å². The zero-order valence-corrected chi connectivity index (χ0v) is 21.4. The normalized spacial score (nSPS) is 14.3. The predicted octanol–water partition coefficient (Wildman–Crippen LogP) is 4.04. The van der Waals surface area contributed by atoms with E-state index in [0.717, 1.165) is 53.9 Å². The lowest BCUT2D eigenvalue weighted by atomic mass is 9.88. The van der Waals surface area contributed by atoms with Crippen molar-refractivity contribution in [1.29, 1.82) is 0 Å². The molecule has 0 atom stereocenters. The van der Waals surface area contributed by atoms with Gasteiger partial charge < -0.3 is 4.57 Å². The molecule has 1 saturated carbocycles. The van der Waals surface area contributed by atoms with Gasteiger partial charge in [0.05, 0.1) is 5.69 Å². The number of benzene rings is 2. The Balaban J connectivity index is 1.41. The summed E-state index contributed by atoms with van der Waals surface area (Å²) < 4.78 is 4.99. The number of rotatable bonds is 7. The van der Waals surface area contributed by atoms with Gasteiger partial charge in [-0.3, -0.25) is 14.3 Å². The molecule has 6 rings (SSSR count). The second-order valence-corrected chi connectivity index (χ2v) is 9.94. The number of H-pyrrole nitrogens is 1. The molecule has 2 aromatic carbocycles. The summed E-state index contributed by atoms with van der Waals surface area (Å²) >= 11 is 0. The van der Waals surface area contributed by atoms with Crippen molar-refractivity contribution < 1.29 is 0 Å². The molecule has 0 saturated heterocycles. The molecule has 0 unspecified atom stereocenters. The molecule has 0 radical (unpaired) electrons. The molecule has 3 aromatic heterocycles. The second-order valence-electron chi connectivity index (χ2n) is 9.94. The van der Waals surface area contributed by atoms with Gasteiger partial charge in [0.15, 0.2) is 11.2 Å². The summed E-state index contributed by atoms with van der Waals surface area (Å²) in [4.78, 5) is 33.8. The van der Waals surface area contributed by atoms with Gasteiger partial charge in [-0.05, 0) is 46.9 Å². The van der Waals surface area contributed by atoms with Crippen molar-refractivity contribution in [2.45, 2.75) is 64.5 Å². The number of imidazole rings is 1. The number of hydrogen-bond donors (Lipinski definition) is 1. The Kier molecular flexibility index (Phi) is 6.45. The lowest BCUT2D eigenvalue weighted by Crippen LogP contribution is -2.35. The van der Waals surface area contributed by atoms with Crippen LogP contribution in [-0.2, 0) is 13.1 Å². The first-order chi connectivity index (χ1) is 18.6. The van der Waals surface area contributed by atoms with Crippen LogP contribution in [0.3, 0.4) is 0 Å². The van der Waals surface area contributed by atoms with Crippen LogP contribution in [0.4, 0.5) is 0 Å². The maximum absolute atomic E-state index is 13.5. The van der Waals surface area contributed by atoms with E-state index in [1.807, 2.05) is 35.8 Å². The first-order valence-corrected chi connectivity index (χ1v) is 13.3. The summed E-state index contributed by atoms with van der Waals surface area (Å²) in [6.45, 7) is 2.84. The molecule has 10 nitrogen and oxygen atoms in total. The number of aromatic amines is 1. The van der Waals surface area contributed by atoms with E-state index in [4.69, 9.17) is 4.98 Å². The zero-order chi connectivity index (χ0) is 26.1. The summed E-state index contributed by atoms with van der Waals surface area (Å²) in [6.07, 6.45) is 7.91. The standard InChI is InChI=1S/C28H30N8O2/c1-2-16-34-27(37)24-25(31-28(34)38)30-26(21-8-4-3-5-9-21)35(24)17-19-12-14-20(15-13-19)22-10-6-7-11-23(22)36-18-29-32-33-36/h6-7,10-15,18,21H,2-5,8-9,16-17H2,1H3,(H,31,38). The third-order valence-electron chi connectivity index (χ3n) is 7.44. The van der Waals surface area contributed by atoms with Crippen molar-refractivity contribution in [3.8, 4) is 16.8 Å². The molecular weight excluding hydrogens is 480 g/mol. The third-order valence-corrected chi connectivity index (χ3v) is 7.44. The highest BCUT2D eigenvalue weighted by Gasteiger charge is 2.25. The Morgan fingerprint density at radius 2 is 1.76 bits per heavy atom. The Morgan fingerprint density at radius 3 is 2.50 bits per heavy atom. The Hall–Kier alpha value is -4.34. The van der Waals surface area contributed by atoms with Crippen LogP contribution in [0.2, 0.25) is 0 Å². The van der Waals surface area contributed by atoms with Crippen LogP contribution >= 0.6 is 0 Å². The van der Waals surface area contributed by atoms with Crippen LogP contribution in [0.1, 0.15) is 62.8 Å². The van der Waals surface area contributed by atoms with Gasteiger partial charge in [-0.2, -0.15) is 4.68 Å². The van der Waals surface area contributed by atoms with Gasteiger partial charge in [0, 0.05) is 24.6 Å². The van der Waals surface area contributed by atoms with Gasteiger partial charge in [-0.15, -0.1) is 5.10 Å². The molecular formula is C28H30N8O2. The lowest BCUT2D eigenvalue weighted by Gasteiger charge is -2.22. The molecule has 1 aliphatic carbocycles. The van der Waals surface area contributed by atoms with Crippen LogP contribution in [-0.4, -0.2) is 39.3 Å². The molecule has 0 bridgehead atoms. The average Bonchev–Trinajstić information content (AvgIpc) is 3.61. The molecule has 1 N–H and O–H groups in total. The number of hydrogen-bond acceptors (Lipinski definition) is 6. The minimum atomic E-state index is -0.394. The fourth-order valence-electron chi connectivity index (χ4n) is 5.58. The van der Waals surface area contributed by atoms with Crippen molar-refractivity contribution in [3.05, 3.63) is 87.1 Å². The fourth-order valence-corrected chi connectivity index (χ4v) is 5.58. The molecule has 0 aliphatic heterocycles. The van der Waals surface area contributed by atoms with Crippen molar-refractivity contribution in [2.75, 3.05) is 0 Å². The highest BCUT2D eigenvalue weighted by Crippen LogP contribution is 2.34. The van der Waals surface area contributed by atoms with Crippen LogP contribution in [0.15, 0.2) is 64.4 Å². The van der Waals surface area contributed by atoms with Gasteiger partial charge in [-0.1, -0.05) is 68.7 Å². The monoisotopic (exact) mass is 510 g/mol. The van der Waals surface area contributed by atoms with E-state index in [1.54, 1.807) is 11.0 Å². The van der Waals surface area contributed by atoms with Crippen LogP contribution in [0.25, 0.3) is 28.0 Å². The van der Waals surface area contributed by atoms with E-state index < -0.39 is 5.69 Å². The van der Waals surface area contributed by atoms with E-state index in [0.29, 0.717) is 30.7 Å². The van der Waals surface area contributed by atoms with Crippen molar-refractivity contribution in [3.63, 3.8) is 0 Å². The number of tetrazole rings is 1. The van der Waals surface area contributed by atoms with E-state index in [9.17, 15) is 9.59 Å². The van der Waals surface area contributed by atoms with Gasteiger partial charge >= 0.3 is 5.69 Å². The molecule has 0 amide bonds. The summed E-state index contributed by atoms with van der Waals surface area (Å²) in [6, 6.07) is 16.3. The largest absolute Gasteiger partial charge is 0.330 e. The van der Waals surface area contributed by atoms with Crippen LogP contribution in [0.5, 0.6) is 0 Å². The first kappa shape index (κ1) is 24.0. The van der Waals surface area contributed by atoms with Crippen LogP contribution < -0.4 is 11.2 Å². The maximum Gasteiger partial charge on any atom is 0.330 e. The van der Waals surface area contributed by atoms with E-state index in [2.05, 4.69) is 44.8 Å². The Labute approximate surface area is 219 Å². The molecule has 1 aliphatic rings. The molecule has 3 heterocycles. The summed E-state index contributed by atoms with van der Waals surface area (Å²) in [7, 11) is 0. The number of nitrogens with zero attached hydrogens (tertiary/aromatic N) is 7. The quantitative estimate of drug-likeness (QED) is 0.353. The van der Waals surface area contributed by atoms with Gasteiger partial charge in [-0.25, -0.2) is 9.78 Å². The summed E-state index contributed by atoms with van der Waals surface area (Å²) in [5, 5.41) is 11.6. The molecule has 10 heteroatoms. The summed E-state index contributed by atoms with van der Waals surface area (Å²) in [5.74, 6) is 1.18. The lowest BCUT2D eigenvalue weighted by molar-refractivity contribution is 0.420. The minimum absolute atomic E-state index is 0.271. The Morgan fingerprint density at radius 1 is 0.974 bits per heavy atom. The van der Waals surface area contributed by atoms with Crippen molar-refractivity contribution in [2.24, 2.45) is 0 Å². The molecule has 194 valence electrons. The number of nitrogens with one attached hydrogen (secondary N) is 1. The smallest absolute Gasteiger partial charge is 0.317 e. The Bertz CT molecular complexity index is 1670. The van der Waals surface area contributed by atoms with Crippen LogP contribution in [0, 0.1) is 0 Å². The zero-order valence-electron chi connectivity index (χ0n) is 21.4. The average molecular weight is 511 g/mol. The minimum Gasteiger partial charge on any atom is -0.317 e. The van der Waals surface area contributed by atoms with E-state index in [1.165, 1.54) is 11.0 Å². The maximum atomic E-state index is 13.5. The summed E-state index contributed by atoms with van der Waals surface area (Å²) in [5.41, 5.74) is 4.21. The van der Waals surface area contributed by atoms with Gasteiger partial charge in [0.25, 0.3) is 5.56 Å². The van der Waals surface area contributed by atoms with Crippen molar-refractivity contribution >= 4 is 11.2 Å². The molecule has 1 fully saturated rings. The number of para-hydroxylation sites is 1. The number of fused-ring (bicyclic) bond motifs is 1. The third kappa shape index (κ3) is 4.36. The van der Waals surface area contributed by atoms with Gasteiger partial charge in [0.1, 0.15) is 12.2 Å². The first-order valence-electron chi connectivity index (χ1n) is 13.3. The van der Waals surface area contributed by atoms with Crippen molar-refractivity contribution in [1.82, 2.24) is 39.3 Å². The number of aromatic nitrogens is 8. The highest BCUT2D eigenvalue weighted by atomic mass is 16.2. The second kappa shape index (κ2) is 10.2. The molecule has 5 aromatic rings. The molecule has 38 heavy (non-hydrogen) atoms. The predicted molar refractivity (Wildman–Crippen MR) is 144 cm³/mol. The SMILES string of the molecule is CCCn1c(=O)[nH]c2nc(C3CCCCC3)n(Cc3ccc(-c4ccccc4-n4cnnn4)cc3)c2c1=O. The molecule has 0 spiro atoms. The highest BCUT2D eigenvalue weighted by molar-refractivity contribution is 5.73.